The van der Waals surface area contributed by atoms with Crippen LogP contribution in [0, 0.1) is 20.2 Å². The number of rotatable bonds is 11. The second-order valence-corrected chi connectivity index (χ2v) is 9.03. The highest BCUT2D eigenvalue weighted by Crippen LogP contribution is 2.28. The van der Waals surface area contributed by atoms with E-state index in [1.54, 1.807) is 30.3 Å². The van der Waals surface area contributed by atoms with Crippen molar-refractivity contribution in [1.82, 2.24) is 10.7 Å². The highest BCUT2D eigenvalue weighted by atomic mass is 16.6. The van der Waals surface area contributed by atoms with Crippen LogP contribution in [0.4, 0.5) is 11.4 Å². The van der Waals surface area contributed by atoms with Crippen molar-refractivity contribution in [2.24, 2.45) is 5.10 Å². The summed E-state index contributed by atoms with van der Waals surface area (Å²) in [5, 5.41) is 28.3. The number of non-ortho nitro benzene ring substituents is 2. The molecule has 0 radical (unpaired) electrons. The van der Waals surface area contributed by atoms with Crippen molar-refractivity contribution in [3.05, 3.63) is 145 Å². The molecule has 2 amide bonds. The average Bonchev–Trinajstić information content (AvgIpc) is 3.05. The summed E-state index contributed by atoms with van der Waals surface area (Å²) < 4.78 is 10.7. The van der Waals surface area contributed by atoms with Crippen LogP contribution in [0.15, 0.2) is 108 Å². The van der Waals surface area contributed by atoms with Gasteiger partial charge < -0.3 is 14.8 Å². The van der Waals surface area contributed by atoms with Crippen molar-refractivity contribution in [2.45, 2.75) is 0 Å². The number of carbonyl (C=O) groups excluding carboxylic acids is 3. The number of nitrogens with zero attached hydrogens (tertiary/aromatic N) is 3. The molecule has 2 N–H and O–H groups in total. The lowest BCUT2D eigenvalue weighted by molar-refractivity contribution is -0.385. The molecule has 14 heteroatoms. The first-order valence-electron chi connectivity index (χ1n) is 12.9. The van der Waals surface area contributed by atoms with Crippen LogP contribution in [0.3, 0.4) is 0 Å². The number of nitro benzene ring substituents is 2. The SMILES string of the molecule is COc1cc(/C=N\NC(=O)/C(=C/c2ccc([N+](=O)[O-])cc2)NC(=O)c2ccccc2)ccc1OC(=O)c1ccc([N+](=O)[O-])cc1. The van der Waals surface area contributed by atoms with Crippen LogP contribution in [0.1, 0.15) is 31.8 Å². The number of nitrogens with one attached hydrogen (secondary N) is 2. The van der Waals surface area contributed by atoms with Gasteiger partial charge in [0.2, 0.25) is 0 Å². The molecule has 0 fully saturated rings. The summed E-state index contributed by atoms with van der Waals surface area (Å²) in [5.41, 5.74) is 3.06. The van der Waals surface area contributed by atoms with E-state index in [2.05, 4.69) is 15.8 Å². The number of ether oxygens (including phenoxy) is 2. The summed E-state index contributed by atoms with van der Waals surface area (Å²) in [4.78, 5) is 59.0. The van der Waals surface area contributed by atoms with Crippen molar-refractivity contribution in [2.75, 3.05) is 7.11 Å². The Kier molecular flexibility index (Phi) is 10.0. The number of esters is 1. The molecule has 0 heterocycles. The highest BCUT2D eigenvalue weighted by molar-refractivity contribution is 6.05. The second-order valence-electron chi connectivity index (χ2n) is 9.03. The van der Waals surface area contributed by atoms with Crippen LogP contribution in [0.5, 0.6) is 11.5 Å². The molecule has 4 aromatic rings. The second kappa shape index (κ2) is 14.5. The molecule has 0 spiro atoms. The van der Waals surface area contributed by atoms with Gasteiger partial charge in [0.15, 0.2) is 11.5 Å². The van der Waals surface area contributed by atoms with E-state index < -0.39 is 27.6 Å². The van der Waals surface area contributed by atoms with Gasteiger partial charge in [0.25, 0.3) is 23.2 Å². The predicted octanol–water partition coefficient (Wildman–Crippen LogP) is 4.65. The Labute approximate surface area is 254 Å². The fourth-order valence-electron chi connectivity index (χ4n) is 3.75. The highest BCUT2D eigenvalue weighted by Gasteiger charge is 2.16. The van der Waals surface area contributed by atoms with Crippen LogP contribution >= 0.6 is 0 Å². The molecular formula is C31H23N5O9. The number of amides is 2. The zero-order valence-corrected chi connectivity index (χ0v) is 23.4. The molecule has 4 aromatic carbocycles. The summed E-state index contributed by atoms with van der Waals surface area (Å²) in [7, 11) is 1.35. The van der Waals surface area contributed by atoms with Crippen LogP contribution in [0.25, 0.3) is 6.08 Å². The quantitative estimate of drug-likeness (QED) is 0.0608. The van der Waals surface area contributed by atoms with Gasteiger partial charge in [-0.2, -0.15) is 5.10 Å². The first kappa shape index (κ1) is 31.2. The molecule has 0 atom stereocenters. The zero-order chi connectivity index (χ0) is 32.3. The van der Waals surface area contributed by atoms with E-state index >= 15 is 0 Å². The molecule has 0 unspecified atom stereocenters. The first-order chi connectivity index (χ1) is 21.6. The van der Waals surface area contributed by atoms with Crippen molar-refractivity contribution >= 4 is 41.4 Å². The third-order valence-electron chi connectivity index (χ3n) is 6.03. The van der Waals surface area contributed by atoms with E-state index in [1.165, 1.54) is 86.1 Å². The number of carbonyl (C=O) groups is 3. The van der Waals surface area contributed by atoms with E-state index in [0.29, 0.717) is 16.7 Å². The molecule has 14 nitrogen and oxygen atoms in total. The zero-order valence-electron chi connectivity index (χ0n) is 23.4. The van der Waals surface area contributed by atoms with Gasteiger partial charge in [-0.25, -0.2) is 10.2 Å². The molecule has 226 valence electrons. The van der Waals surface area contributed by atoms with Crippen LogP contribution in [-0.4, -0.2) is 41.0 Å². The Morgan fingerprint density at radius 1 is 0.756 bits per heavy atom. The third kappa shape index (κ3) is 8.42. The summed E-state index contributed by atoms with van der Waals surface area (Å²) in [6.45, 7) is 0. The van der Waals surface area contributed by atoms with Crippen LogP contribution in [0.2, 0.25) is 0 Å². The molecule has 0 aliphatic heterocycles. The van der Waals surface area contributed by atoms with Crippen LogP contribution in [-0.2, 0) is 4.79 Å². The van der Waals surface area contributed by atoms with Crippen molar-refractivity contribution in [3.8, 4) is 11.5 Å². The monoisotopic (exact) mass is 609 g/mol. The third-order valence-corrected chi connectivity index (χ3v) is 6.03. The lowest BCUT2D eigenvalue weighted by Gasteiger charge is -2.10. The minimum Gasteiger partial charge on any atom is -0.493 e. The fourth-order valence-corrected chi connectivity index (χ4v) is 3.75. The normalized spacial score (nSPS) is 11.0. The number of hydrogen-bond donors (Lipinski definition) is 2. The van der Waals surface area contributed by atoms with Gasteiger partial charge >= 0.3 is 5.97 Å². The van der Waals surface area contributed by atoms with Gasteiger partial charge in [0.1, 0.15) is 5.70 Å². The van der Waals surface area contributed by atoms with E-state index in [0.717, 1.165) is 0 Å². The largest absolute Gasteiger partial charge is 0.493 e. The minimum absolute atomic E-state index is 0.0685. The Morgan fingerprint density at radius 3 is 1.96 bits per heavy atom. The summed E-state index contributed by atoms with van der Waals surface area (Å²) >= 11 is 0. The minimum atomic E-state index is -0.783. The van der Waals surface area contributed by atoms with E-state index in [1.807, 2.05) is 0 Å². The number of hydrogen-bond acceptors (Lipinski definition) is 10. The Balaban J connectivity index is 1.48. The van der Waals surface area contributed by atoms with Gasteiger partial charge in [-0.05, 0) is 71.8 Å². The predicted molar refractivity (Wildman–Crippen MR) is 162 cm³/mol. The van der Waals surface area contributed by atoms with Gasteiger partial charge in [0.05, 0.1) is 28.7 Å². The number of benzene rings is 4. The van der Waals surface area contributed by atoms with E-state index in [9.17, 15) is 34.6 Å². The van der Waals surface area contributed by atoms with Gasteiger partial charge in [-0.3, -0.25) is 29.8 Å². The standard InChI is InChI=1S/C31H23N5O9/c1-44-28-18-21(9-16-27(28)45-31(39)23-10-14-25(15-11-23)36(42)43)19-32-34-30(38)26(33-29(37)22-5-3-2-4-6-22)17-20-7-12-24(13-8-20)35(40)41/h2-19H,1H3,(H,33,37)(H,34,38)/b26-17-,32-19-. The lowest BCUT2D eigenvalue weighted by atomic mass is 10.1. The van der Waals surface area contributed by atoms with Gasteiger partial charge in [-0.1, -0.05) is 18.2 Å². The number of hydrazone groups is 1. The van der Waals surface area contributed by atoms with E-state index in [4.69, 9.17) is 9.47 Å². The fraction of sp³-hybridized carbons (Fsp3) is 0.0323. The van der Waals surface area contributed by atoms with Gasteiger partial charge in [0, 0.05) is 29.8 Å². The molecule has 45 heavy (non-hydrogen) atoms. The summed E-state index contributed by atoms with van der Waals surface area (Å²) in [6, 6.07) is 22.9. The van der Waals surface area contributed by atoms with Crippen molar-refractivity contribution in [1.29, 1.82) is 0 Å². The lowest BCUT2D eigenvalue weighted by Crippen LogP contribution is -2.32. The molecule has 4 rings (SSSR count). The first-order valence-corrected chi connectivity index (χ1v) is 12.9. The van der Waals surface area contributed by atoms with Crippen molar-refractivity contribution in [3.63, 3.8) is 0 Å². The Hall–Kier alpha value is -6.70. The van der Waals surface area contributed by atoms with Crippen LogP contribution < -0.4 is 20.2 Å². The Morgan fingerprint density at radius 2 is 1.36 bits per heavy atom. The smallest absolute Gasteiger partial charge is 0.343 e. The maximum Gasteiger partial charge on any atom is 0.343 e. The molecule has 0 aliphatic rings. The number of methoxy groups -OCH3 is 1. The molecule has 0 bridgehead atoms. The average molecular weight is 610 g/mol. The summed E-state index contributed by atoms with van der Waals surface area (Å²) in [5.74, 6) is -1.88. The topological polar surface area (TPSA) is 192 Å². The maximum atomic E-state index is 13.0. The van der Waals surface area contributed by atoms with Crippen molar-refractivity contribution < 1.29 is 33.7 Å². The molecule has 0 aromatic heterocycles. The summed E-state index contributed by atoms with van der Waals surface area (Å²) in [6.07, 6.45) is 2.62. The molecule has 0 saturated carbocycles. The van der Waals surface area contributed by atoms with E-state index in [-0.39, 0.29) is 34.1 Å². The number of nitro groups is 2. The molecule has 0 saturated heterocycles. The Bertz CT molecular complexity index is 1800. The molecular weight excluding hydrogens is 586 g/mol. The van der Waals surface area contributed by atoms with Gasteiger partial charge in [-0.15, -0.1) is 0 Å². The maximum absolute atomic E-state index is 13.0. The molecule has 0 aliphatic carbocycles.